The van der Waals surface area contributed by atoms with Crippen molar-refractivity contribution in [3.8, 4) is 5.88 Å². The van der Waals surface area contributed by atoms with Crippen LogP contribution in [0.2, 0.25) is 0 Å². The van der Waals surface area contributed by atoms with Crippen LogP contribution in [0, 0.1) is 3.95 Å². The van der Waals surface area contributed by atoms with Crippen molar-refractivity contribution in [2.45, 2.75) is 31.2 Å². The monoisotopic (exact) mass is 536 g/mol. The predicted molar refractivity (Wildman–Crippen MR) is 140 cm³/mol. The second-order valence-electron chi connectivity index (χ2n) is 7.00. The lowest BCUT2D eigenvalue weighted by Gasteiger charge is -2.18. The first kappa shape index (κ1) is 26.1. The summed E-state index contributed by atoms with van der Waals surface area (Å²) >= 11 is 6.57. The zero-order valence-electron chi connectivity index (χ0n) is 18.6. The molecule has 3 rings (SSSR count). The van der Waals surface area contributed by atoms with Gasteiger partial charge in [0.2, 0.25) is 14.7 Å². The molecule has 0 aliphatic carbocycles. The molecule has 7 nitrogen and oxygen atoms in total. The van der Waals surface area contributed by atoms with Gasteiger partial charge in [0.25, 0.3) is 0 Å². The van der Waals surface area contributed by atoms with Crippen molar-refractivity contribution in [2.24, 2.45) is 4.99 Å². The Kier molecular flexibility index (Phi) is 9.06. The van der Waals surface area contributed by atoms with Gasteiger partial charge in [0, 0.05) is 12.2 Å². The predicted octanol–water partition coefficient (Wildman–Crippen LogP) is 5.52. The average Bonchev–Trinajstić information content (AvgIpc) is 3.10. The average molecular weight is 537 g/mol. The third-order valence-corrected chi connectivity index (χ3v) is 9.65. The normalized spacial score (nSPS) is 12.6. The van der Waals surface area contributed by atoms with Crippen LogP contribution in [0.4, 0.5) is 5.69 Å². The van der Waals surface area contributed by atoms with E-state index >= 15 is 0 Å². The van der Waals surface area contributed by atoms with Gasteiger partial charge in [0.1, 0.15) is 10.9 Å². The molecule has 0 amide bonds. The van der Waals surface area contributed by atoms with Crippen molar-refractivity contribution in [3.63, 3.8) is 0 Å². The number of rotatable bonds is 10. The molecule has 180 valence electrons. The molecule has 0 fully saturated rings. The highest BCUT2D eigenvalue weighted by atomic mass is 33.1. The number of thiazole rings is 1. The Morgan fingerprint density at radius 3 is 2.50 bits per heavy atom. The van der Waals surface area contributed by atoms with E-state index in [0.29, 0.717) is 26.7 Å². The molecule has 0 saturated carbocycles. The van der Waals surface area contributed by atoms with Crippen molar-refractivity contribution in [1.82, 2.24) is 4.57 Å². The lowest BCUT2D eigenvalue weighted by atomic mass is 10.1. The summed E-state index contributed by atoms with van der Waals surface area (Å²) in [6.45, 7) is 3.71. The van der Waals surface area contributed by atoms with Crippen LogP contribution in [0.1, 0.15) is 30.3 Å². The number of aromatic nitrogens is 1. The van der Waals surface area contributed by atoms with E-state index in [2.05, 4.69) is 4.99 Å². The van der Waals surface area contributed by atoms with Crippen LogP contribution in [-0.2, 0) is 24.8 Å². The lowest BCUT2D eigenvalue weighted by molar-refractivity contribution is -0.147. The molecule has 0 radical (unpaired) electrons. The number of carbonyl (C=O) groups is 1. The van der Waals surface area contributed by atoms with Crippen LogP contribution in [0.3, 0.4) is 0 Å². The first-order valence-electron chi connectivity index (χ1n) is 10.4. The van der Waals surface area contributed by atoms with Crippen molar-refractivity contribution in [1.29, 1.82) is 0 Å². The van der Waals surface area contributed by atoms with Gasteiger partial charge in [-0.25, -0.2) is 13.2 Å². The molecule has 2 aromatic carbocycles. The summed E-state index contributed by atoms with van der Waals surface area (Å²) in [5.74, 6) is -0.201. The van der Waals surface area contributed by atoms with Gasteiger partial charge in [-0.05, 0) is 59.8 Å². The Morgan fingerprint density at radius 2 is 1.88 bits per heavy atom. The number of aliphatic imine (C=N–C) groups is 1. The molecular weight excluding hydrogens is 513 g/mol. The zero-order chi connectivity index (χ0) is 24.7. The standard InChI is InChI=1S/C23H24N2O5S4/c1-3-30-22(27)19(14-16-8-6-5-7-9-16)25-21(26)20(33-23(25)31)15-24-17-10-12-18(13-11-17)34(28,29)32-4-2/h5-13,15,19,26H,3-4,14H2,1-2H3. The topological polar surface area (TPSA) is 98.0 Å². The minimum absolute atomic E-state index is 0.175. The Bertz CT molecular complexity index is 1310. The molecule has 1 unspecified atom stereocenters. The summed E-state index contributed by atoms with van der Waals surface area (Å²) in [4.78, 5) is 17.6. The fraction of sp³-hybridized carbons (Fsp3) is 0.261. The van der Waals surface area contributed by atoms with Crippen LogP contribution in [0.15, 0.2) is 64.5 Å². The summed E-state index contributed by atoms with van der Waals surface area (Å²) in [5.41, 5.74) is 1.41. The van der Waals surface area contributed by atoms with Crippen molar-refractivity contribution >= 4 is 61.1 Å². The van der Waals surface area contributed by atoms with Crippen molar-refractivity contribution < 1.29 is 23.1 Å². The van der Waals surface area contributed by atoms with E-state index in [-0.39, 0.29) is 17.4 Å². The van der Waals surface area contributed by atoms with Gasteiger partial charge in [-0.2, -0.15) is 0 Å². The highest BCUT2D eigenvalue weighted by Gasteiger charge is 2.27. The zero-order valence-corrected chi connectivity index (χ0v) is 21.8. The van der Waals surface area contributed by atoms with E-state index in [9.17, 15) is 18.3 Å². The molecule has 0 aliphatic heterocycles. The molecule has 11 heteroatoms. The fourth-order valence-electron chi connectivity index (χ4n) is 3.16. The van der Waals surface area contributed by atoms with Gasteiger partial charge in [-0.15, -0.1) is 0 Å². The number of esters is 1. The Morgan fingerprint density at radius 1 is 1.21 bits per heavy atom. The second-order valence-corrected chi connectivity index (χ2v) is 12.9. The van der Waals surface area contributed by atoms with Gasteiger partial charge >= 0.3 is 5.97 Å². The summed E-state index contributed by atoms with van der Waals surface area (Å²) < 4.78 is 31.2. The van der Waals surface area contributed by atoms with Crippen LogP contribution in [0.25, 0.3) is 0 Å². The fourth-order valence-corrected chi connectivity index (χ4v) is 7.03. The maximum Gasteiger partial charge on any atom is 0.329 e. The van der Waals surface area contributed by atoms with Crippen LogP contribution < -0.4 is 0 Å². The van der Waals surface area contributed by atoms with Gasteiger partial charge in [0.05, 0.1) is 23.4 Å². The van der Waals surface area contributed by atoms with Gasteiger partial charge in [-0.3, -0.25) is 9.56 Å². The highest BCUT2D eigenvalue weighted by Crippen LogP contribution is 2.31. The molecule has 1 heterocycles. The molecule has 0 saturated heterocycles. The summed E-state index contributed by atoms with van der Waals surface area (Å²) in [7, 11) is -2.52. The molecule has 3 aromatic rings. The molecule has 0 aliphatic rings. The smallest absolute Gasteiger partial charge is 0.329 e. The summed E-state index contributed by atoms with van der Waals surface area (Å²) in [6, 6.07) is 14.8. The SMILES string of the molecule is CCOC(=O)C(Cc1ccccc1)n1c(O)c(C=Nc2ccc(S(=O)(=O)SCC)cc2)sc1=S. The first-order valence-corrected chi connectivity index (χ1v) is 14.7. The number of aromatic hydroxyl groups is 1. The molecule has 34 heavy (non-hydrogen) atoms. The Balaban J connectivity index is 1.89. The highest BCUT2D eigenvalue weighted by molar-refractivity contribution is 8.72. The summed E-state index contributed by atoms with van der Waals surface area (Å²) in [6.07, 6.45) is 1.75. The Labute approximate surface area is 211 Å². The minimum atomic E-state index is -3.39. The molecular formula is C23H24N2O5S4. The first-order chi connectivity index (χ1) is 16.3. The molecule has 1 atom stereocenters. The largest absolute Gasteiger partial charge is 0.493 e. The van der Waals surface area contributed by atoms with E-state index in [0.717, 1.165) is 27.7 Å². The second kappa shape index (κ2) is 11.8. The molecule has 1 aromatic heterocycles. The molecule has 1 N–H and O–H groups in total. The third kappa shape index (κ3) is 6.35. The number of ether oxygens (including phenoxy) is 1. The summed E-state index contributed by atoms with van der Waals surface area (Å²) in [5, 5.41) is 10.9. The third-order valence-electron chi connectivity index (χ3n) is 4.71. The van der Waals surface area contributed by atoms with Crippen LogP contribution in [0.5, 0.6) is 5.88 Å². The van der Waals surface area contributed by atoms with Crippen LogP contribution >= 0.6 is 34.3 Å². The van der Waals surface area contributed by atoms with Crippen molar-refractivity contribution in [2.75, 3.05) is 12.4 Å². The lowest BCUT2D eigenvalue weighted by Crippen LogP contribution is -2.24. The number of benzene rings is 2. The minimum Gasteiger partial charge on any atom is -0.493 e. The number of carbonyl (C=O) groups excluding carboxylic acids is 1. The van der Waals surface area contributed by atoms with Gasteiger partial charge in [0.15, 0.2) is 3.95 Å². The van der Waals surface area contributed by atoms with E-state index in [4.69, 9.17) is 17.0 Å². The van der Waals surface area contributed by atoms with E-state index in [1.807, 2.05) is 30.3 Å². The maximum atomic E-state index is 12.7. The van der Waals surface area contributed by atoms with Crippen molar-refractivity contribution in [3.05, 3.63) is 69.0 Å². The van der Waals surface area contributed by atoms with Gasteiger partial charge < -0.3 is 9.84 Å². The van der Waals surface area contributed by atoms with E-state index < -0.39 is 20.9 Å². The van der Waals surface area contributed by atoms with E-state index in [1.54, 1.807) is 26.0 Å². The molecule has 0 bridgehead atoms. The quantitative estimate of drug-likeness (QED) is 0.158. The number of hydrogen-bond donors (Lipinski definition) is 1. The Hall–Kier alpha value is -2.47. The van der Waals surface area contributed by atoms with Crippen LogP contribution in [-0.4, -0.2) is 42.6 Å². The maximum absolute atomic E-state index is 12.7. The van der Waals surface area contributed by atoms with Gasteiger partial charge in [-0.1, -0.05) is 48.6 Å². The number of nitrogens with zero attached hydrogens (tertiary/aromatic N) is 2. The number of hydrogen-bond acceptors (Lipinski definition) is 9. The van der Waals surface area contributed by atoms with E-state index in [1.165, 1.54) is 22.9 Å². The molecule has 0 spiro atoms.